The third kappa shape index (κ3) is 7.83. The van der Waals surface area contributed by atoms with Gasteiger partial charge in [0, 0.05) is 25.2 Å². The number of carbonyl (C=O) groups excluding carboxylic acids is 1. The molecule has 0 unspecified atom stereocenters. The molecule has 0 fully saturated rings. The van der Waals surface area contributed by atoms with E-state index in [1.54, 1.807) is 0 Å². The molecular weight excluding hydrogens is 262 g/mol. The number of nitrogens with one attached hydrogen (secondary N) is 1. The second kappa shape index (κ2) is 8.15. The molecule has 0 spiro atoms. The van der Waals surface area contributed by atoms with Crippen LogP contribution in [0.1, 0.15) is 39.2 Å². The SMILES string of the molecule is CN(CCCC(=O)Nc1ccc(CN)cc1)CC(C)(C)C. The number of hydrogen-bond acceptors (Lipinski definition) is 3. The lowest BCUT2D eigenvalue weighted by Crippen LogP contribution is -2.30. The van der Waals surface area contributed by atoms with Crippen LogP contribution in [0.2, 0.25) is 0 Å². The van der Waals surface area contributed by atoms with E-state index in [9.17, 15) is 4.79 Å². The van der Waals surface area contributed by atoms with Gasteiger partial charge in [0.1, 0.15) is 0 Å². The molecule has 0 aliphatic heterocycles. The fraction of sp³-hybridized carbons (Fsp3) is 0.588. The second-order valence-corrected chi connectivity index (χ2v) is 6.85. The summed E-state index contributed by atoms with van der Waals surface area (Å²) in [7, 11) is 2.11. The Balaban J connectivity index is 2.27. The molecule has 1 amide bonds. The first-order chi connectivity index (χ1) is 9.80. The van der Waals surface area contributed by atoms with Gasteiger partial charge in [0.15, 0.2) is 0 Å². The molecule has 3 N–H and O–H groups in total. The average Bonchev–Trinajstić information content (AvgIpc) is 2.37. The number of anilines is 1. The van der Waals surface area contributed by atoms with Crippen LogP contribution in [-0.2, 0) is 11.3 Å². The lowest BCUT2D eigenvalue weighted by molar-refractivity contribution is -0.116. The fourth-order valence-corrected chi connectivity index (χ4v) is 2.35. The molecule has 0 heterocycles. The number of nitrogens with zero attached hydrogens (tertiary/aromatic N) is 1. The Hall–Kier alpha value is -1.39. The van der Waals surface area contributed by atoms with Crippen molar-refractivity contribution in [1.29, 1.82) is 0 Å². The van der Waals surface area contributed by atoms with E-state index < -0.39 is 0 Å². The van der Waals surface area contributed by atoms with Gasteiger partial charge < -0.3 is 16.0 Å². The minimum Gasteiger partial charge on any atom is -0.326 e. The number of carbonyl (C=O) groups is 1. The Morgan fingerprint density at radius 1 is 1.24 bits per heavy atom. The van der Waals surface area contributed by atoms with Gasteiger partial charge in [-0.2, -0.15) is 0 Å². The molecule has 118 valence electrons. The Labute approximate surface area is 128 Å². The maximum absolute atomic E-state index is 11.9. The monoisotopic (exact) mass is 291 g/mol. The summed E-state index contributed by atoms with van der Waals surface area (Å²) in [5, 5.41) is 2.92. The third-order valence-corrected chi connectivity index (χ3v) is 3.16. The fourth-order valence-electron chi connectivity index (χ4n) is 2.35. The Morgan fingerprint density at radius 2 is 1.86 bits per heavy atom. The molecular formula is C17H29N3O. The van der Waals surface area contributed by atoms with Crippen molar-refractivity contribution in [2.75, 3.05) is 25.5 Å². The van der Waals surface area contributed by atoms with Crippen LogP contribution in [0.4, 0.5) is 5.69 Å². The Morgan fingerprint density at radius 3 is 2.38 bits per heavy atom. The highest BCUT2D eigenvalue weighted by atomic mass is 16.1. The third-order valence-electron chi connectivity index (χ3n) is 3.16. The zero-order valence-electron chi connectivity index (χ0n) is 13.8. The largest absolute Gasteiger partial charge is 0.326 e. The van der Waals surface area contributed by atoms with Gasteiger partial charge in [-0.3, -0.25) is 4.79 Å². The summed E-state index contributed by atoms with van der Waals surface area (Å²) in [5.41, 5.74) is 7.74. The summed E-state index contributed by atoms with van der Waals surface area (Å²) in [5.74, 6) is 0.0691. The number of amides is 1. The molecule has 4 heteroatoms. The highest BCUT2D eigenvalue weighted by molar-refractivity contribution is 5.90. The number of rotatable bonds is 7. The number of nitrogens with two attached hydrogens (primary N) is 1. The van der Waals surface area contributed by atoms with Gasteiger partial charge in [0.05, 0.1) is 0 Å². The van der Waals surface area contributed by atoms with Crippen LogP contribution in [0.5, 0.6) is 0 Å². The van der Waals surface area contributed by atoms with Gasteiger partial charge in [-0.05, 0) is 43.1 Å². The van der Waals surface area contributed by atoms with Crippen LogP contribution >= 0.6 is 0 Å². The van der Waals surface area contributed by atoms with Gasteiger partial charge in [-0.25, -0.2) is 0 Å². The molecule has 1 aromatic carbocycles. The molecule has 0 saturated carbocycles. The van der Waals surface area contributed by atoms with Crippen molar-refractivity contribution < 1.29 is 4.79 Å². The van der Waals surface area contributed by atoms with E-state index in [-0.39, 0.29) is 5.91 Å². The standard InChI is InChI=1S/C17H29N3O/c1-17(2,3)13-20(4)11-5-6-16(21)19-15-9-7-14(12-18)8-10-15/h7-10H,5-6,11-13,18H2,1-4H3,(H,19,21). The molecule has 21 heavy (non-hydrogen) atoms. The highest BCUT2D eigenvalue weighted by Crippen LogP contribution is 2.14. The average molecular weight is 291 g/mol. The van der Waals surface area contributed by atoms with E-state index >= 15 is 0 Å². The highest BCUT2D eigenvalue weighted by Gasteiger charge is 2.13. The van der Waals surface area contributed by atoms with Crippen molar-refractivity contribution in [2.45, 2.75) is 40.2 Å². The molecule has 1 aromatic rings. The molecule has 1 rings (SSSR count). The lowest BCUT2D eigenvalue weighted by atomic mass is 9.96. The van der Waals surface area contributed by atoms with Crippen LogP contribution in [0.25, 0.3) is 0 Å². The summed E-state index contributed by atoms with van der Waals surface area (Å²) in [6.07, 6.45) is 1.42. The first kappa shape index (κ1) is 17.7. The van der Waals surface area contributed by atoms with Crippen LogP contribution in [0.3, 0.4) is 0 Å². The molecule has 0 atom stereocenters. The minimum absolute atomic E-state index is 0.0691. The van der Waals surface area contributed by atoms with Gasteiger partial charge in [-0.15, -0.1) is 0 Å². The van der Waals surface area contributed by atoms with Crippen molar-refractivity contribution in [3.05, 3.63) is 29.8 Å². The van der Waals surface area contributed by atoms with Crippen molar-refractivity contribution >= 4 is 11.6 Å². The first-order valence-electron chi connectivity index (χ1n) is 7.57. The van der Waals surface area contributed by atoms with E-state index in [4.69, 9.17) is 5.73 Å². The Kier molecular flexibility index (Phi) is 6.85. The van der Waals surface area contributed by atoms with Crippen molar-refractivity contribution in [1.82, 2.24) is 4.90 Å². The maximum atomic E-state index is 11.9. The zero-order valence-corrected chi connectivity index (χ0v) is 13.8. The molecule has 0 radical (unpaired) electrons. The molecule has 0 aliphatic rings. The van der Waals surface area contributed by atoms with Crippen LogP contribution in [0, 0.1) is 5.41 Å². The van der Waals surface area contributed by atoms with Crippen LogP contribution < -0.4 is 11.1 Å². The van der Waals surface area contributed by atoms with E-state index in [1.807, 2.05) is 24.3 Å². The van der Waals surface area contributed by atoms with Gasteiger partial charge in [0.25, 0.3) is 0 Å². The van der Waals surface area contributed by atoms with E-state index in [0.717, 1.165) is 30.8 Å². The molecule has 0 aromatic heterocycles. The van der Waals surface area contributed by atoms with E-state index in [2.05, 4.69) is 38.0 Å². The predicted molar refractivity (Wildman–Crippen MR) is 89.1 cm³/mol. The van der Waals surface area contributed by atoms with Crippen LogP contribution in [-0.4, -0.2) is 30.9 Å². The number of benzene rings is 1. The maximum Gasteiger partial charge on any atom is 0.224 e. The second-order valence-electron chi connectivity index (χ2n) is 6.85. The number of hydrogen-bond donors (Lipinski definition) is 2. The van der Waals surface area contributed by atoms with E-state index in [0.29, 0.717) is 18.4 Å². The summed E-state index contributed by atoms with van der Waals surface area (Å²) >= 11 is 0. The summed E-state index contributed by atoms with van der Waals surface area (Å²) in [4.78, 5) is 14.2. The van der Waals surface area contributed by atoms with Crippen LogP contribution in [0.15, 0.2) is 24.3 Å². The van der Waals surface area contributed by atoms with Crippen molar-refractivity contribution in [3.63, 3.8) is 0 Å². The topological polar surface area (TPSA) is 58.4 Å². The van der Waals surface area contributed by atoms with Gasteiger partial charge in [0.2, 0.25) is 5.91 Å². The zero-order chi connectivity index (χ0) is 15.9. The van der Waals surface area contributed by atoms with Gasteiger partial charge >= 0.3 is 0 Å². The lowest BCUT2D eigenvalue weighted by Gasteiger charge is -2.26. The molecule has 0 bridgehead atoms. The van der Waals surface area contributed by atoms with Crippen molar-refractivity contribution in [2.24, 2.45) is 11.1 Å². The van der Waals surface area contributed by atoms with Gasteiger partial charge in [-0.1, -0.05) is 32.9 Å². The molecule has 4 nitrogen and oxygen atoms in total. The molecule has 0 aliphatic carbocycles. The smallest absolute Gasteiger partial charge is 0.224 e. The summed E-state index contributed by atoms with van der Waals surface area (Å²) < 4.78 is 0. The normalized spacial score (nSPS) is 11.7. The summed E-state index contributed by atoms with van der Waals surface area (Å²) in [6, 6.07) is 7.66. The van der Waals surface area contributed by atoms with E-state index in [1.165, 1.54) is 0 Å². The quantitative estimate of drug-likeness (QED) is 0.812. The predicted octanol–water partition coefficient (Wildman–Crippen LogP) is 2.84. The summed E-state index contributed by atoms with van der Waals surface area (Å²) in [6.45, 7) is 9.17. The molecule has 0 saturated heterocycles. The minimum atomic E-state index is 0.0691. The van der Waals surface area contributed by atoms with Crippen molar-refractivity contribution in [3.8, 4) is 0 Å². The first-order valence-corrected chi connectivity index (χ1v) is 7.57. The Bertz CT molecular complexity index is 434.